The summed E-state index contributed by atoms with van der Waals surface area (Å²) in [6.45, 7) is 2.19. The number of benzene rings is 1. The van der Waals surface area contributed by atoms with Crippen LogP contribution < -0.4 is 5.73 Å². The molecule has 0 spiro atoms. The fourth-order valence-electron chi connectivity index (χ4n) is 3.37. The van der Waals surface area contributed by atoms with Gasteiger partial charge in [-0.2, -0.15) is 11.8 Å². The van der Waals surface area contributed by atoms with Crippen LogP contribution in [0, 0.1) is 5.92 Å². The summed E-state index contributed by atoms with van der Waals surface area (Å²) in [5.41, 5.74) is 8.31. The molecule has 0 unspecified atom stereocenters. The van der Waals surface area contributed by atoms with E-state index >= 15 is 0 Å². The van der Waals surface area contributed by atoms with Crippen molar-refractivity contribution < 1.29 is 4.79 Å². The molecule has 1 fully saturated rings. The van der Waals surface area contributed by atoms with E-state index in [2.05, 4.69) is 29.2 Å². The van der Waals surface area contributed by atoms with Gasteiger partial charge in [0.1, 0.15) is 0 Å². The molecule has 1 aliphatic heterocycles. The van der Waals surface area contributed by atoms with Crippen LogP contribution >= 0.6 is 11.8 Å². The molecule has 1 amide bonds. The summed E-state index contributed by atoms with van der Waals surface area (Å²) in [6, 6.07) is 16.4. The van der Waals surface area contributed by atoms with E-state index in [1.54, 1.807) is 11.8 Å². The first-order valence-electron chi connectivity index (χ1n) is 8.78. The van der Waals surface area contributed by atoms with Crippen molar-refractivity contribution in [3.63, 3.8) is 0 Å². The summed E-state index contributed by atoms with van der Waals surface area (Å²) >= 11 is 1.76. The number of pyridine rings is 1. The molecule has 0 aliphatic carbocycles. The summed E-state index contributed by atoms with van der Waals surface area (Å²) < 4.78 is 0. The maximum atomic E-state index is 12.6. The minimum atomic E-state index is 0.241. The van der Waals surface area contributed by atoms with Crippen LogP contribution in [0.3, 0.4) is 0 Å². The van der Waals surface area contributed by atoms with Gasteiger partial charge in [0.05, 0.1) is 5.69 Å². The van der Waals surface area contributed by atoms with Crippen LogP contribution in [0.5, 0.6) is 0 Å². The topological polar surface area (TPSA) is 59.2 Å². The van der Waals surface area contributed by atoms with Crippen molar-refractivity contribution in [1.29, 1.82) is 0 Å². The molecule has 1 saturated heterocycles. The molecule has 2 heterocycles. The van der Waals surface area contributed by atoms with Gasteiger partial charge in [-0.3, -0.25) is 9.78 Å². The van der Waals surface area contributed by atoms with Crippen molar-refractivity contribution in [3.8, 4) is 0 Å². The van der Waals surface area contributed by atoms with Crippen molar-refractivity contribution >= 4 is 17.7 Å². The molecular weight excluding hydrogens is 330 g/mol. The average molecular weight is 356 g/mol. The van der Waals surface area contributed by atoms with E-state index in [1.165, 1.54) is 5.56 Å². The first-order chi connectivity index (χ1) is 12.3. The van der Waals surface area contributed by atoms with E-state index in [0.29, 0.717) is 24.8 Å². The molecule has 0 bridgehead atoms. The van der Waals surface area contributed by atoms with E-state index in [-0.39, 0.29) is 5.91 Å². The molecule has 2 atom stereocenters. The quantitative estimate of drug-likeness (QED) is 0.776. The van der Waals surface area contributed by atoms with E-state index < -0.39 is 0 Å². The zero-order valence-corrected chi connectivity index (χ0v) is 15.2. The number of thioether (sulfide) groups is 1. The van der Waals surface area contributed by atoms with E-state index in [0.717, 1.165) is 30.3 Å². The van der Waals surface area contributed by atoms with Crippen molar-refractivity contribution in [2.24, 2.45) is 11.7 Å². The van der Waals surface area contributed by atoms with Crippen LogP contribution in [-0.4, -0.2) is 41.2 Å². The Morgan fingerprint density at radius 1 is 1.16 bits per heavy atom. The second kappa shape index (κ2) is 9.02. The fourth-order valence-corrected chi connectivity index (χ4v) is 4.21. The number of carbonyl (C=O) groups is 1. The van der Waals surface area contributed by atoms with Crippen molar-refractivity contribution in [1.82, 2.24) is 9.88 Å². The first kappa shape index (κ1) is 18.0. The number of carbonyl (C=O) groups excluding carboxylic acids is 1. The molecule has 132 valence electrons. The lowest BCUT2D eigenvalue weighted by atomic mass is 9.89. The Morgan fingerprint density at radius 3 is 2.68 bits per heavy atom. The second-order valence-electron chi connectivity index (χ2n) is 6.44. The third-order valence-electron chi connectivity index (χ3n) is 4.76. The normalized spacial score (nSPS) is 20.0. The van der Waals surface area contributed by atoms with Crippen LogP contribution in [0.1, 0.15) is 23.6 Å². The lowest BCUT2D eigenvalue weighted by Crippen LogP contribution is -2.30. The Kier molecular flexibility index (Phi) is 6.48. The van der Waals surface area contributed by atoms with E-state index in [1.807, 2.05) is 35.4 Å². The highest BCUT2D eigenvalue weighted by atomic mass is 32.2. The molecule has 3 rings (SSSR count). The number of nitrogens with zero attached hydrogens (tertiary/aromatic N) is 2. The monoisotopic (exact) mass is 355 g/mol. The van der Waals surface area contributed by atoms with Gasteiger partial charge in [-0.05, 0) is 30.2 Å². The summed E-state index contributed by atoms with van der Waals surface area (Å²) in [6.07, 6.45) is 2.39. The minimum absolute atomic E-state index is 0.241. The van der Waals surface area contributed by atoms with Crippen LogP contribution in [0.15, 0.2) is 54.7 Å². The molecule has 0 radical (unpaired) electrons. The van der Waals surface area contributed by atoms with E-state index in [4.69, 9.17) is 5.73 Å². The highest BCUT2D eigenvalue weighted by Crippen LogP contribution is 2.32. The van der Waals surface area contributed by atoms with Crippen LogP contribution in [0.25, 0.3) is 0 Å². The van der Waals surface area contributed by atoms with Crippen LogP contribution in [0.2, 0.25) is 0 Å². The molecular formula is C20H25N3OS. The maximum Gasteiger partial charge on any atom is 0.223 e. The predicted octanol–water partition coefficient (Wildman–Crippen LogP) is 2.91. The van der Waals surface area contributed by atoms with Gasteiger partial charge in [-0.25, -0.2) is 0 Å². The number of nitrogens with two attached hydrogens (primary N) is 1. The summed E-state index contributed by atoms with van der Waals surface area (Å²) in [5, 5.41) is 0. The van der Waals surface area contributed by atoms with Gasteiger partial charge in [0.15, 0.2) is 0 Å². The number of aromatic nitrogens is 1. The Hall–Kier alpha value is -1.85. The van der Waals surface area contributed by atoms with Crippen LogP contribution in [0.4, 0.5) is 0 Å². The summed E-state index contributed by atoms with van der Waals surface area (Å²) in [7, 11) is 0. The van der Waals surface area contributed by atoms with Gasteiger partial charge < -0.3 is 10.6 Å². The van der Waals surface area contributed by atoms with Gasteiger partial charge >= 0.3 is 0 Å². The van der Waals surface area contributed by atoms with E-state index in [9.17, 15) is 4.79 Å². The maximum absolute atomic E-state index is 12.6. The Labute approximate surface area is 153 Å². The molecule has 1 aliphatic rings. The van der Waals surface area contributed by atoms with Crippen LogP contribution in [-0.2, 0) is 10.5 Å². The predicted molar refractivity (Wildman–Crippen MR) is 103 cm³/mol. The first-order valence-corrected chi connectivity index (χ1v) is 9.94. The zero-order chi connectivity index (χ0) is 17.5. The highest BCUT2D eigenvalue weighted by Gasteiger charge is 2.34. The number of hydrogen-bond donors (Lipinski definition) is 1. The number of likely N-dealkylation sites (tertiary alicyclic amines) is 1. The number of amides is 1. The van der Waals surface area contributed by atoms with Gasteiger partial charge in [0.2, 0.25) is 5.91 Å². The van der Waals surface area contributed by atoms with Crippen molar-refractivity contribution in [3.05, 3.63) is 66.0 Å². The van der Waals surface area contributed by atoms with Crippen molar-refractivity contribution in [2.75, 3.05) is 25.4 Å². The van der Waals surface area contributed by atoms with Crippen molar-refractivity contribution in [2.45, 2.75) is 18.1 Å². The zero-order valence-electron chi connectivity index (χ0n) is 14.4. The Morgan fingerprint density at radius 2 is 1.96 bits per heavy atom. The highest BCUT2D eigenvalue weighted by molar-refractivity contribution is 7.98. The molecule has 4 nitrogen and oxygen atoms in total. The average Bonchev–Trinajstić information content (AvgIpc) is 3.11. The lowest BCUT2D eigenvalue weighted by Gasteiger charge is -2.16. The molecule has 1 aromatic carbocycles. The standard InChI is InChI=1S/C20H25N3OS/c21-12-17-13-23(14-19(17)16-6-2-1-3-7-16)20(24)9-11-25-15-18-8-4-5-10-22-18/h1-8,10,17,19H,9,11-15,21H2/t17-,19+/m1/s1. The van der Waals surface area contributed by atoms with Gasteiger partial charge in [0.25, 0.3) is 0 Å². The molecule has 2 aromatic rings. The largest absolute Gasteiger partial charge is 0.342 e. The smallest absolute Gasteiger partial charge is 0.223 e. The summed E-state index contributed by atoms with van der Waals surface area (Å²) in [4.78, 5) is 18.9. The van der Waals surface area contributed by atoms with Gasteiger partial charge in [-0.1, -0.05) is 36.4 Å². The van der Waals surface area contributed by atoms with Gasteiger partial charge in [0, 0.05) is 43.1 Å². The molecule has 25 heavy (non-hydrogen) atoms. The third-order valence-corrected chi connectivity index (χ3v) is 5.75. The fraction of sp³-hybridized carbons (Fsp3) is 0.400. The second-order valence-corrected chi connectivity index (χ2v) is 7.54. The number of rotatable bonds is 7. The molecule has 5 heteroatoms. The third kappa shape index (κ3) is 4.83. The lowest BCUT2D eigenvalue weighted by molar-refractivity contribution is -0.129. The SMILES string of the molecule is NC[C@@H]1CN(C(=O)CCSCc2ccccn2)C[C@H]1c1ccccc1. The molecule has 1 aromatic heterocycles. The van der Waals surface area contributed by atoms with Gasteiger partial charge in [-0.15, -0.1) is 0 Å². The molecule has 0 saturated carbocycles. The Balaban J connectivity index is 1.48. The molecule has 2 N–H and O–H groups in total. The minimum Gasteiger partial charge on any atom is -0.342 e. The number of hydrogen-bond acceptors (Lipinski definition) is 4. The Bertz CT molecular complexity index is 665. The summed E-state index contributed by atoms with van der Waals surface area (Å²) in [5.74, 6) is 2.63.